The zero-order chi connectivity index (χ0) is 19.8. The Labute approximate surface area is 171 Å². The molecule has 0 aliphatic heterocycles. The van der Waals surface area contributed by atoms with Gasteiger partial charge in [0.25, 0.3) is 0 Å². The minimum absolute atomic E-state index is 0.0506. The van der Waals surface area contributed by atoms with Crippen molar-refractivity contribution in [3.05, 3.63) is 54.6 Å². The summed E-state index contributed by atoms with van der Waals surface area (Å²) in [5.74, 6) is 1.54. The van der Waals surface area contributed by atoms with Gasteiger partial charge in [-0.3, -0.25) is 9.36 Å². The fraction of sp³-hybridized carbons (Fsp3) is 0.286. The first-order valence-electron chi connectivity index (χ1n) is 9.69. The van der Waals surface area contributed by atoms with Crippen molar-refractivity contribution in [2.24, 2.45) is 0 Å². The third-order valence-corrected chi connectivity index (χ3v) is 6.13. The van der Waals surface area contributed by atoms with Crippen molar-refractivity contribution in [3.63, 3.8) is 0 Å². The van der Waals surface area contributed by atoms with Crippen molar-refractivity contribution in [1.82, 2.24) is 25.1 Å². The van der Waals surface area contributed by atoms with E-state index < -0.39 is 0 Å². The molecule has 29 heavy (non-hydrogen) atoms. The molecule has 1 atom stereocenters. The van der Waals surface area contributed by atoms with E-state index in [1.54, 1.807) is 6.26 Å². The molecule has 5 rings (SSSR count). The molecule has 1 amide bonds. The maximum Gasteiger partial charge on any atom is 0.233 e. The Bertz CT molecular complexity index is 1140. The maximum absolute atomic E-state index is 12.5. The Kier molecular flexibility index (Phi) is 4.63. The molecule has 1 aliphatic rings. The van der Waals surface area contributed by atoms with Gasteiger partial charge in [-0.25, -0.2) is 0 Å². The number of thioether (sulfide) groups is 1. The number of carbonyl (C=O) groups is 1. The average Bonchev–Trinajstić information content (AvgIpc) is 3.13. The summed E-state index contributed by atoms with van der Waals surface area (Å²) >= 11 is 1.44. The maximum atomic E-state index is 12.5. The van der Waals surface area contributed by atoms with E-state index in [4.69, 9.17) is 4.42 Å². The first kappa shape index (κ1) is 18.1. The van der Waals surface area contributed by atoms with E-state index in [1.165, 1.54) is 11.8 Å². The van der Waals surface area contributed by atoms with Gasteiger partial charge in [0, 0.05) is 28.7 Å². The van der Waals surface area contributed by atoms with Crippen LogP contribution in [0.4, 0.5) is 0 Å². The number of nitrogens with zero attached hydrogens (tertiary/aromatic N) is 3. The number of benzene rings is 1. The molecule has 4 aromatic rings. The molecule has 2 N–H and O–H groups in total. The van der Waals surface area contributed by atoms with Crippen LogP contribution in [-0.4, -0.2) is 30.9 Å². The van der Waals surface area contributed by atoms with E-state index in [1.807, 2.05) is 37.4 Å². The number of furan rings is 1. The van der Waals surface area contributed by atoms with Gasteiger partial charge in [0.05, 0.1) is 18.1 Å². The lowest BCUT2D eigenvalue weighted by Gasteiger charge is -2.13. The molecule has 3 heterocycles. The average molecular weight is 407 g/mol. The van der Waals surface area contributed by atoms with Crippen LogP contribution in [0.5, 0.6) is 0 Å². The van der Waals surface area contributed by atoms with Crippen molar-refractivity contribution in [3.8, 4) is 11.4 Å². The predicted octanol–water partition coefficient (Wildman–Crippen LogP) is 4.15. The van der Waals surface area contributed by atoms with Crippen LogP contribution in [0.25, 0.3) is 22.3 Å². The Hall–Kier alpha value is -3.00. The molecule has 7 nitrogen and oxygen atoms in total. The number of aromatic nitrogens is 4. The summed E-state index contributed by atoms with van der Waals surface area (Å²) in [6.07, 6.45) is 5.81. The van der Waals surface area contributed by atoms with Crippen LogP contribution in [0.1, 0.15) is 31.6 Å². The van der Waals surface area contributed by atoms with Crippen molar-refractivity contribution >= 4 is 28.6 Å². The molecule has 3 aromatic heterocycles. The number of hydrogen-bond donors (Lipinski definition) is 2. The molecule has 1 aromatic carbocycles. The van der Waals surface area contributed by atoms with Gasteiger partial charge < -0.3 is 14.7 Å². The van der Waals surface area contributed by atoms with E-state index in [0.717, 1.165) is 46.0 Å². The summed E-state index contributed by atoms with van der Waals surface area (Å²) in [5.41, 5.74) is 2.12. The van der Waals surface area contributed by atoms with E-state index in [0.29, 0.717) is 12.6 Å². The quantitative estimate of drug-likeness (QED) is 0.449. The molecule has 0 spiro atoms. The number of rotatable bonds is 7. The number of fused-ring (bicyclic) bond motifs is 1. The van der Waals surface area contributed by atoms with E-state index in [-0.39, 0.29) is 11.2 Å². The van der Waals surface area contributed by atoms with Crippen LogP contribution in [0.2, 0.25) is 0 Å². The second-order valence-electron chi connectivity index (χ2n) is 7.21. The van der Waals surface area contributed by atoms with Crippen LogP contribution < -0.4 is 5.32 Å². The Morgan fingerprint density at radius 1 is 1.31 bits per heavy atom. The van der Waals surface area contributed by atoms with E-state index >= 15 is 0 Å². The number of para-hydroxylation sites is 1. The lowest BCUT2D eigenvalue weighted by atomic mass is 10.1. The Morgan fingerprint density at radius 2 is 2.17 bits per heavy atom. The highest BCUT2D eigenvalue weighted by Gasteiger charge is 2.32. The zero-order valence-electron chi connectivity index (χ0n) is 16.0. The van der Waals surface area contributed by atoms with Crippen LogP contribution in [0, 0.1) is 0 Å². The van der Waals surface area contributed by atoms with Gasteiger partial charge in [-0.15, -0.1) is 10.2 Å². The minimum Gasteiger partial charge on any atom is -0.467 e. The lowest BCUT2D eigenvalue weighted by Crippen LogP contribution is -2.30. The summed E-state index contributed by atoms with van der Waals surface area (Å²) < 4.78 is 7.46. The predicted molar refractivity (Wildman–Crippen MR) is 111 cm³/mol. The highest BCUT2D eigenvalue weighted by Crippen LogP contribution is 2.42. The largest absolute Gasteiger partial charge is 0.467 e. The summed E-state index contributed by atoms with van der Waals surface area (Å²) in [5, 5.41) is 13.5. The molecule has 0 radical (unpaired) electrons. The number of hydrogen-bond acceptors (Lipinski definition) is 5. The van der Waals surface area contributed by atoms with Crippen LogP contribution in [0.3, 0.4) is 0 Å². The van der Waals surface area contributed by atoms with Crippen molar-refractivity contribution < 1.29 is 9.21 Å². The molecule has 0 bridgehead atoms. The molecular weight excluding hydrogens is 386 g/mol. The summed E-state index contributed by atoms with van der Waals surface area (Å²) in [6.45, 7) is 2.27. The third kappa shape index (κ3) is 3.55. The number of carbonyl (C=O) groups excluding carboxylic acids is 1. The highest BCUT2D eigenvalue weighted by molar-refractivity contribution is 8.00. The topological polar surface area (TPSA) is 88.7 Å². The first-order chi connectivity index (χ1) is 14.2. The molecule has 8 heteroatoms. The van der Waals surface area contributed by atoms with Gasteiger partial charge in [-0.05, 0) is 38.0 Å². The van der Waals surface area contributed by atoms with Gasteiger partial charge in [0.15, 0.2) is 11.0 Å². The highest BCUT2D eigenvalue weighted by atomic mass is 32.2. The lowest BCUT2D eigenvalue weighted by molar-refractivity contribution is -0.120. The van der Waals surface area contributed by atoms with Gasteiger partial charge in [-0.2, -0.15) is 0 Å². The van der Waals surface area contributed by atoms with E-state index in [9.17, 15) is 4.79 Å². The fourth-order valence-electron chi connectivity index (χ4n) is 3.40. The molecule has 1 saturated carbocycles. The monoisotopic (exact) mass is 407 g/mol. The van der Waals surface area contributed by atoms with Gasteiger partial charge in [0.1, 0.15) is 5.76 Å². The summed E-state index contributed by atoms with van der Waals surface area (Å²) in [7, 11) is 0. The normalized spacial score (nSPS) is 14.9. The second-order valence-corrected chi connectivity index (χ2v) is 8.52. The van der Waals surface area contributed by atoms with Gasteiger partial charge >= 0.3 is 0 Å². The fourth-order valence-corrected chi connectivity index (χ4v) is 4.35. The SMILES string of the molecule is C[C@H](Sc1nnc(-c2c[nH]c3ccccc23)n1C1CC1)C(=O)NCc1ccco1. The number of aromatic amines is 1. The minimum atomic E-state index is -0.289. The van der Waals surface area contributed by atoms with Gasteiger partial charge in [-0.1, -0.05) is 30.0 Å². The smallest absolute Gasteiger partial charge is 0.233 e. The van der Waals surface area contributed by atoms with Crippen molar-refractivity contribution in [1.29, 1.82) is 0 Å². The van der Waals surface area contributed by atoms with Crippen LogP contribution in [0.15, 0.2) is 58.4 Å². The zero-order valence-corrected chi connectivity index (χ0v) is 16.8. The van der Waals surface area contributed by atoms with Crippen molar-refractivity contribution in [2.45, 2.75) is 42.8 Å². The molecule has 0 saturated heterocycles. The molecule has 1 aliphatic carbocycles. The first-order valence-corrected chi connectivity index (χ1v) is 10.6. The third-order valence-electron chi connectivity index (χ3n) is 5.08. The van der Waals surface area contributed by atoms with E-state index in [2.05, 4.69) is 37.2 Å². The van der Waals surface area contributed by atoms with Crippen LogP contribution in [-0.2, 0) is 11.3 Å². The Balaban J connectivity index is 1.38. The molecule has 1 fully saturated rings. The number of nitrogens with one attached hydrogen (secondary N) is 2. The van der Waals surface area contributed by atoms with Crippen LogP contribution >= 0.6 is 11.8 Å². The number of amides is 1. The summed E-state index contributed by atoms with van der Waals surface area (Å²) in [6, 6.07) is 12.2. The molecule has 148 valence electrons. The summed E-state index contributed by atoms with van der Waals surface area (Å²) in [4.78, 5) is 15.8. The second kappa shape index (κ2) is 7.44. The standard InChI is InChI=1S/C21H21N5O2S/c1-13(20(27)23-11-15-5-4-10-28-15)29-21-25-24-19(26(21)14-8-9-14)17-12-22-18-7-3-2-6-16(17)18/h2-7,10,12-14,22H,8-9,11H2,1H3,(H,23,27)/t13-/m0/s1. The molecular formula is C21H21N5O2S. The number of H-pyrrole nitrogens is 1. The van der Waals surface area contributed by atoms with Gasteiger partial charge in [0.2, 0.25) is 5.91 Å². The van der Waals surface area contributed by atoms with Crippen molar-refractivity contribution in [2.75, 3.05) is 0 Å². The Morgan fingerprint density at radius 3 is 2.97 bits per heavy atom. The molecule has 0 unspecified atom stereocenters.